The van der Waals surface area contributed by atoms with Crippen molar-refractivity contribution in [1.29, 1.82) is 0 Å². The number of para-hydroxylation sites is 2. The van der Waals surface area contributed by atoms with Gasteiger partial charge in [-0.2, -0.15) is 0 Å². The van der Waals surface area contributed by atoms with E-state index in [1.54, 1.807) is 14.2 Å². The molecule has 0 aliphatic heterocycles. The molecule has 0 amide bonds. The number of hydrogen-bond donors (Lipinski definition) is 1. The van der Waals surface area contributed by atoms with Crippen LogP contribution < -0.4 is 9.47 Å². The zero-order valence-electron chi connectivity index (χ0n) is 13.0. The van der Waals surface area contributed by atoms with Crippen molar-refractivity contribution >= 4 is 21.8 Å². The fraction of sp³-hybridized carbons (Fsp3) is 0.105. The number of benzene rings is 3. The second-order valence-corrected chi connectivity index (χ2v) is 5.33. The zero-order valence-corrected chi connectivity index (χ0v) is 13.0. The number of fused-ring (bicyclic) bond motifs is 2. The fourth-order valence-corrected chi connectivity index (χ4v) is 2.89. The number of methoxy groups -OCH3 is 2. The Morgan fingerprint density at radius 1 is 0.913 bits per heavy atom. The summed E-state index contributed by atoms with van der Waals surface area (Å²) in [5.41, 5.74) is 2.88. The summed E-state index contributed by atoms with van der Waals surface area (Å²) < 4.78 is 11.0. The predicted octanol–water partition coefficient (Wildman–Crippen LogP) is 4.40. The molecule has 1 aromatic heterocycles. The zero-order chi connectivity index (χ0) is 15.8. The lowest BCUT2D eigenvalue weighted by Crippen LogP contribution is -1.92. The number of hydrogen-bond acceptors (Lipinski definition) is 3. The van der Waals surface area contributed by atoms with Crippen molar-refractivity contribution in [2.75, 3.05) is 14.2 Å². The highest BCUT2D eigenvalue weighted by Crippen LogP contribution is 2.37. The largest absolute Gasteiger partial charge is 0.497 e. The molecule has 0 aliphatic rings. The van der Waals surface area contributed by atoms with Gasteiger partial charge in [-0.3, -0.25) is 0 Å². The van der Waals surface area contributed by atoms with Crippen LogP contribution >= 0.6 is 0 Å². The molecule has 0 saturated carbocycles. The Bertz CT molecular complexity index is 967. The Labute approximate surface area is 133 Å². The SMILES string of the molecule is COc1ccc2ccc(OC)c(-c3nc4ccccc4[nH]3)c2c1. The highest BCUT2D eigenvalue weighted by atomic mass is 16.5. The van der Waals surface area contributed by atoms with Crippen molar-refractivity contribution < 1.29 is 9.47 Å². The number of aromatic amines is 1. The first-order valence-corrected chi connectivity index (χ1v) is 7.40. The number of ether oxygens (including phenoxy) is 2. The van der Waals surface area contributed by atoms with Crippen molar-refractivity contribution in [3.05, 3.63) is 54.6 Å². The molecule has 3 aromatic carbocycles. The standard InChI is InChI=1S/C19H16N2O2/c1-22-13-9-7-12-8-10-17(23-2)18(14(12)11-13)19-20-15-5-3-4-6-16(15)21-19/h3-11H,1-2H3,(H,20,21). The first-order chi connectivity index (χ1) is 11.3. The van der Waals surface area contributed by atoms with Gasteiger partial charge in [0.05, 0.1) is 30.8 Å². The van der Waals surface area contributed by atoms with E-state index in [9.17, 15) is 0 Å². The van der Waals surface area contributed by atoms with Crippen LogP contribution in [0.3, 0.4) is 0 Å². The smallest absolute Gasteiger partial charge is 0.142 e. The van der Waals surface area contributed by atoms with Crippen LogP contribution in [0, 0.1) is 0 Å². The van der Waals surface area contributed by atoms with Crippen LogP contribution in [0.1, 0.15) is 0 Å². The van der Waals surface area contributed by atoms with Gasteiger partial charge in [-0.15, -0.1) is 0 Å². The second kappa shape index (κ2) is 5.32. The Morgan fingerprint density at radius 3 is 2.52 bits per heavy atom. The molecule has 0 spiro atoms. The lowest BCUT2D eigenvalue weighted by Gasteiger charge is -2.11. The summed E-state index contributed by atoms with van der Waals surface area (Å²) in [4.78, 5) is 8.11. The van der Waals surface area contributed by atoms with Crippen molar-refractivity contribution in [2.45, 2.75) is 0 Å². The summed E-state index contributed by atoms with van der Waals surface area (Å²) >= 11 is 0. The highest BCUT2D eigenvalue weighted by molar-refractivity contribution is 6.00. The van der Waals surface area contributed by atoms with Gasteiger partial charge in [0.1, 0.15) is 17.3 Å². The number of imidazole rings is 1. The molecule has 0 aliphatic carbocycles. The van der Waals surface area contributed by atoms with Crippen molar-refractivity contribution in [2.24, 2.45) is 0 Å². The molecular weight excluding hydrogens is 288 g/mol. The fourth-order valence-electron chi connectivity index (χ4n) is 2.89. The summed E-state index contributed by atoms with van der Waals surface area (Å²) in [6.45, 7) is 0. The van der Waals surface area contributed by atoms with E-state index < -0.39 is 0 Å². The van der Waals surface area contributed by atoms with Crippen LogP contribution in [0.25, 0.3) is 33.2 Å². The quantitative estimate of drug-likeness (QED) is 0.610. The Balaban J connectivity index is 2.06. The number of nitrogens with zero attached hydrogens (tertiary/aromatic N) is 1. The second-order valence-electron chi connectivity index (χ2n) is 5.33. The summed E-state index contributed by atoms with van der Waals surface area (Å²) in [7, 11) is 3.34. The number of nitrogens with one attached hydrogen (secondary N) is 1. The van der Waals surface area contributed by atoms with Gasteiger partial charge in [-0.1, -0.05) is 24.3 Å². The summed E-state index contributed by atoms with van der Waals surface area (Å²) in [6, 6.07) is 18.0. The molecule has 0 atom stereocenters. The van der Waals surface area contributed by atoms with Crippen molar-refractivity contribution in [3.8, 4) is 22.9 Å². The van der Waals surface area contributed by atoms with E-state index in [0.29, 0.717) is 0 Å². The first kappa shape index (κ1) is 13.6. The summed E-state index contributed by atoms with van der Waals surface area (Å²) in [5.74, 6) is 2.38. The van der Waals surface area contributed by atoms with Gasteiger partial charge in [-0.25, -0.2) is 4.98 Å². The van der Waals surface area contributed by atoms with E-state index in [1.165, 1.54) is 0 Å². The van der Waals surface area contributed by atoms with Crippen LogP contribution in [-0.4, -0.2) is 24.2 Å². The van der Waals surface area contributed by atoms with E-state index in [0.717, 1.165) is 44.7 Å². The topological polar surface area (TPSA) is 47.1 Å². The average Bonchev–Trinajstić information content (AvgIpc) is 3.03. The van der Waals surface area contributed by atoms with Crippen molar-refractivity contribution in [3.63, 3.8) is 0 Å². The number of H-pyrrole nitrogens is 1. The molecule has 1 heterocycles. The lowest BCUT2D eigenvalue weighted by molar-refractivity contribution is 0.414. The van der Waals surface area contributed by atoms with E-state index >= 15 is 0 Å². The number of rotatable bonds is 3. The third kappa shape index (κ3) is 2.19. The van der Waals surface area contributed by atoms with Gasteiger partial charge in [0.2, 0.25) is 0 Å². The van der Waals surface area contributed by atoms with E-state index in [-0.39, 0.29) is 0 Å². The molecule has 4 rings (SSSR count). The normalized spacial score (nSPS) is 11.0. The molecule has 23 heavy (non-hydrogen) atoms. The minimum atomic E-state index is 0.782. The molecule has 0 saturated heterocycles. The maximum atomic E-state index is 5.58. The third-order valence-electron chi connectivity index (χ3n) is 4.04. The van der Waals surface area contributed by atoms with Crippen molar-refractivity contribution in [1.82, 2.24) is 9.97 Å². The molecule has 4 aromatic rings. The van der Waals surface area contributed by atoms with Gasteiger partial charge in [0.25, 0.3) is 0 Å². The van der Waals surface area contributed by atoms with Gasteiger partial charge in [0.15, 0.2) is 0 Å². The van der Waals surface area contributed by atoms with E-state index in [2.05, 4.69) is 4.98 Å². The number of aromatic nitrogens is 2. The highest BCUT2D eigenvalue weighted by Gasteiger charge is 2.15. The minimum absolute atomic E-state index is 0.782. The van der Waals surface area contributed by atoms with Crippen LogP contribution in [0.15, 0.2) is 54.6 Å². The van der Waals surface area contributed by atoms with E-state index in [4.69, 9.17) is 14.5 Å². The monoisotopic (exact) mass is 304 g/mol. The molecule has 4 nitrogen and oxygen atoms in total. The van der Waals surface area contributed by atoms with Crippen LogP contribution in [0.4, 0.5) is 0 Å². The molecule has 0 fully saturated rings. The minimum Gasteiger partial charge on any atom is -0.497 e. The first-order valence-electron chi connectivity index (χ1n) is 7.40. The van der Waals surface area contributed by atoms with Crippen LogP contribution in [-0.2, 0) is 0 Å². The third-order valence-corrected chi connectivity index (χ3v) is 4.04. The van der Waals surface area contributed by atoms with Gasteiger partial charge < -0.3 is 14.5 Å². The molecule has 0 unspecified atom stereocenters. The van der Waals surface area contributed by atoms with E-state index in [1.807, 2.05) is 54.6 Å². The average molecular weight is 304 g/mol. The molecule has 114 valence electrons. The Hall–Kier alpha value is -3.01. The van der Waals surface area contributed by atoms with Gasteiger partial charge in [-0.05, 0) is 35.7 Å². The lowest BCUT2D eigenvalue weighted by atomic mass is 10.0. The Kier molecular flexibility index (Phi) is 3.15. The maximum absolute atomic E-state index is 5.58. The molecular formula is C19H16N2O2. The summed E-state index contributed by atoms with van der Waals surface area (Å²) in [5, 5.41) is 2.16. The van der Waals surface area contributed by atoms with Gasteiger partial charge in [0, 0.05) is 5.39 Å². The molecule has 4 heteroatoms. The molecule has 0 radical (unpaired) electrons. The predicted molar refractivity (Wildman–Crippen MR) is 92.1 cm³/mol. The maximum Gasteiger partial charge on any atom is 0.142 e. The summed E-state index contributed by atoms with van der Waals surface area (Å²) in [6.07, 6.45) is 0. The molecule has 0 bridgehead atoms. The van der Waals surface area contributed by atoms with Crippen LogP contribution in [0.5, 0.6) is 11.5 Å². The Morgan fingerprint density at radius 2 is 1.74 bits per heavy atom. The molecule has 1 N–H and O–H groups in total. The van der Waals surface area contributed by atoms with Gasteiger partial charge >= 0.3 is 0 Å². The van der Waals surface area contributed by atoms with Crippen LogP contribution in [0.2, 0.25) is 0 Å².